The molecule has 0 spiro atoms. The first-order valence-corrected chi connectivity index (χ1v) is 11.2. The smallest absolute Gasteiger partial charge is 0.331 e. The zero-order valence-corrected chi connectivity index (χ0v) is 18.9. The number of aliphatic carboxylic acids is 1. The second-order valence-corrected chi connectivity index (χ2v) is 9.03. The number of carbonyl (C=O) groups excluding carboxylic acids is 2. The Morgan fingerprint density at radius 1 is 1.03 bits per heavy atom. The number of nitrogens with zero attached hydrogens (tertiary/aromatic N) is 2. The molecule has 3 rings (SSSR count). The number of amides is 2. The molecule has 164 valence electrons. The number of benzene rings is 2. The molecule has 3 N–H and O–H groups in total. The lowest BCUT2D eigenvalue weighted by atomic mass is 10.1. The van der Waals surface area contributed by atoms with E-state index in [4.69, 9.17) is 5.11 Å². The summed E-state index contributed by atoms with van der Waals surface area (Å²) in [6.07, 6.45) is 1.02. The molecule has 0 bridgehead atoms. The number of nitrogens with one attached hydrogen (secondary N) is 2. The Labute approximate surface area is 192 Å². The van der Waals surface area contributed by atoms with Crippen LogP contribution >= 0.6 is 23.1 Å². The third kappa shape index (κ3) is 6.50. The minimum absolute atomic E-state index is 0.0583. The highest BCUT2D eigenvalue weighted by Crippen LogP contribution is 2.36. The zero-order valence-electron chi connectivity index (χ0n) is 17.2. The number of hydrogen-bond donors (Lipinski definition) is 3. The third-order valence-corrected chi connectivity index (χ3v) is 6.18. The van der Waals surface area contributed by atoms with Crippen LogP contribution in [-0.4, -0.2) is 33.1 Å². The molecule has 1 atom stereocenters. The highest BCUT2D eigenvalue weighted by Gasteiger charge is 2.23. The Hall–Kier alpha value is -3.50. The maximum atomic E-state index is 13.0. The summed E-state index contributed by atoms with van der Waals surface area (Å²) >= 11 is 2.66. The van der Waals surface area contributed by atoms with E-state index in [0.717, 1.165) is 21.5 Å². The molecule has 0 saturated heterocycles. The summed E-state index contributed by atoms with van der Waals surface area (Å²) < 4.78 is 0. The summed E-state index contributed by atoms with van der Waals surface area (Å²) in [6.45, 7) is 3.16. The molecule has 2 aromatic carbocycles. The van der Waals surface area contributed by atoms with Crippen molar-refractivity contribution >= 4 is 51.7 Å². The van der Waals surface area contributed by atoms with Gasteiger partial charge in [0.05, 0.1) is 0 Å². The second kappa shape index (κ2) is 10.7. The average Bonchev–Trinajstić information content (AvgIpc) is 3.18. The van der Waals surface area contributed by atoms with Crippen molar-refractivity contribution in [2.24, 2.45) is 0 Å². The first kappa shape index (κ1) is 23.2. The molecule has 0 unspecified atom stereocenters. The molecule has 3 aromatic rings. The second-order valence-electron chi connectivity index (χ2n) is 6.67. The van der Waals surface area contributed by atoms with Gasteiger partial charge in [0.25, 0.3) is 0 Å². The highest BCUT2D eigenvalue weighted by molar-refractivity contribution is 8.00. The van der Waals surface area contributed by atoms with Crippen LogP contribution in [0.2, 0.25) is 0 Å². The van der Waals surface area contributed by atoms with Gasteiger partial charge < -0.3 is 10.4 Å². The Morgan fingerprint density at radius 3 is 2.31 bits per heavy atom. The number of thioether (sulfide) groups is 1. The predicted octanol–water partition coefficient (Wildman–Crippen LogP) is 4.29. The summed E-state index contributed by atoms with van der Waals surface area (Å²) in [7, 11) is 0. The minimum atomic E-state index is -1.15. The van der Waals surface area contributed by atoms with E-state index < -0.39 is 17.1 Å². The summed E-state index contributed by atoms with van der Waals surface area (Å²) in [6, 6.07) is 16.3. The van der Waals surface area contributed by atoms with E-state index in [1.54, 1.807) is 24.3 Å². The summed E-state index contributed by atoms with van der Waals surface area (Å²) in [5, 5.41) is 22.8. The molecule has 0 aliphatic heterocycles. The number of carboxylic acid groups (broad SMARTS) is 1. The van der Waals surface area contributed by atoms with Gasteiger partial charge in [0.2, 0.25) is 16.9 Å². The lowest BCUT2D eigenvalue weighted by Gasteiger charge is -2.16. The standard InChI is InChI=1S/C22H20N4O4S2/c1-13(21(29)30)12-18(27)23-16-8-10-17(11-9-16)32-19(15-6-4-3-5-7-15)20(28)24-22-26-25-14(2)31-22/h3-12,19H,1-2H3,(H,23,27)(H,29,30)(H,24,26,28)/b13-12+/t19-/m0/s1. The molecular formula is C22H20N4O4S2. The normalized spacial score (nSPS) is 12.1. The van der Waals surface area contributed by atoms with Crippen LogP contribution in [0.15, 0.2) is 71.1 Å². The molecule has 32 heavy (non-hydrogen) atoms. The number of aryl methyl sites for hydroxylation is 1. The topological polar surface area (TPSA) is 121 Å². The van der Waals surface area contributed by atoms with Gasteiger partial charge in [-0.2, -0.15) is 0 Å². The van der Waals surface area contributed by atoms with Crippen LogP contribution < -0.4 is 10.6 Å². The van der Waals surface area contributed by atoms with Gasteiger partial charge >= 0.3 is 5.97 Å². The van der Waals surface area contributed by atoms with Crippen LogP contribution in [0.25, 0.3) is 0 Å². The van der Waals surface area contributed by atoms with E-state index in [1.165, 1.54) is 30.0 Å². The number of carboxylic acids is 1. The number of hydrogen-bond acceptors (Lipinski definition) is 7. The highest BCUT2D eigenvalue weighted by atomic mass is 32.2. The van der Waals surface area contributed by atoms with Crippen LogP contribution in [0.5, 0.6) is 0 Å². The maximum absolute atomic E-state index is 13.0. The van der Waals surface area contributed by atoms with E-state index in [1.807, 2.05) is 37.3 Å². The van der Waals surface area contributed by atoms with Crippen molar-refractivity contribution in [2.75, 3.05) is 10.6 Å². The molecular weight excluding hydrogens is 448 g/mol. The van der Waals surface area contributed by atoms with Crippen molar-refractivity contribution in [2.45, 2.75) is 24.0 Å². The Morgan fingerprint density at radius 2 is 1.72 bits per heavy atom. The number of aromatic nitrogens is 2. The minimum Gasteiger partial charge on any atom is -0.478 e. The van der Waals surface area contributed by atoms with Gasteiger partial charge in [-0.1, -0.05) is 41.7 Å². The first-order valence-electron chi connectivity index (χ1n) is 9.47. The van der Waals surface area contributed by atoms with Crippen molar-refractivity contribution in [1.29, 1.82) is 0 Å². The van der Waals surface area contributed by atoms with Crippen molar-refractivity contribution in [1.82, 2.24) is 10.2 Å². The summed E-state index contributed by atoms with van der Waals surface area (Å²) in [4.78, 5) is 36.6. The zero-order chi connectivity index (χ0) is 23.1. The molecule has 0 aliphatic carbocycles. The third-order valence-electron chi connectivity index (χ3n) is 4.16. The van der Waals surface area contributed by atoms with Crippen LogP contribution in [0.3, 0.4) is 0 Å². The van der Waals surface area contributed by atoms with Crippen molar-refractivity contribution in [3.63, 3.8) is 0 Å². The molecule has 1 aromatic heterocycles. The molecule has 1 heterocycles. The van der Waals surface area contributed by atoms with Gasteiger partial charge in [-0.05, 0) is 43.7 Å². The molecule has 0 radical (unpaired) electrons. The fraction of sp³-hybridized carbons (Fsp3) is 0.136. The first-order chi connectivity index (χ1) is 15.3. The lowest BCUT2D eigenvalue weighted by molar-refractivity contribution is -0.132. The van der Waals surface area contributed by atoms with E-state index in [2.05, 4.69) is 20.8 Å². The van der Waals surface area contributed by atoms with Gasteiger partial charge in [0, 0.05) is 22.2 Å². The molecule has 0 saturated carbocycles. The average molecular weight is 469 g/mol. The molecule has 0 fully saturated rings. The molecule has 10 heteroatoms. The van der Waals surface area contributed by atoms with Gasteiger partial charge in [0.15, 0.2) is 0 Å². The van der Waals surface area contributed by atoms with Crippen molar-refractivity contribution < 1.29 is 19.5 Å². The fourth-order valence-corrected chi connectivity index (χ4v) is 4.23. The Balaban J connectivity index is 1.73. The van der Waals surface area contributed by atoms with E-state index >= 15 is 0 Å². The molecule has 0 aliphatic rings. The van der Waals surface area contributed by atoms with Crippen LogP contribution in [0, 0.1) is 6.92 Å². The van der Waals surface area contributed by atoms with Gasteiger partial charge in [-0.3, -0.25) is 14.9 Å². The van der Waals surface area contributed by atoms with Gasteiger partial charge in [0.1, 0.15) is 10.3 Å². The largest absolute Gasteiger partial charge is 0.478 e. The quantitative estimate of drug-likeness (QED) is 0.333. The SMILES string of the molecule is C/C(=C\C(=O)Nc1ccc(S[C@H](C(=O)Nc2nnc(C)s2)c2ccccc2)cc1)C(=O)O. The number of rotatable bonds is 8. The fourth-order valence-electron chi connectivity index (χ4n) is 2.61. The lowest BCUT2D eigenvalue weighted by Crippen LogP contribution is -2.19. The van der Waals surface area contributed by atoms with Crippen molar-refractivity contribution in [3.8, 4) is 0 Å². The number of anilines is 2. The van der Waals surface area contributed by atoms with Crippen LogP contribution in [0.1, 0.15) is 22.7 Å². The van der Waals surface area contributed by atoms with E-state index in [9.17, 15) is 14.4 Å². The molecule has 8 nitrogen and oxygen atoms in total. The Bertz CT molecular complexity index is 1140. The number of carbonyl (C=O) groups is 3. The van der Waals surface area contributed by atoms with E-state index in [-0.39, 0.29) is 11.5 Å². The predicted molar refractivity (Wildman–Crippen MR) is 125 cm³/mol. The van der Waals surface area contributed by atoms with Crippen molar-refractivity contribution in [3.05, 3.63) is 76.8 Å². The van der Waals surface area contributed by atoms with Gasteiger partial charge in [-0.25, -0.2) is 4.79 Å². The summed E-state index contributed by atoms with van der Waals surface area (Å²) in [5.41, 5.74) is 1.29. The van der Waals surface area contributed by atoms with Crippen LogP contribution in [0.4, 0.5) is 10.8 Å². The van der Waals surface area contributed by atoms with Crippen LogP contribution in [-0.2, 0) is 14.4 Å². The van der Waals surface area contributed by atoms with E-state index in [0.29, 0.717) is 10.8 Å². The monoisotopic (exact) mass is 468 g/mol. The Kier molecular flexibility index (Phi) is 7.74. The molecule has 2 amide bonds. The maximum Gasteiger partial charge on any atom is 0.331 e. The van der Waals surface area contributed by atoms with Gasteiger partial charge in [-0.15, -0.1) is 22.0 Å². The summed E-state index contributed by atoms with van der Waals surface area (Å²) in [5.74, 6) is -1.90.